The van der Waals surface area contributed by atoms with Crippen molar-refractivity contribution < 1.29 is 4.79 Å². The number of carbonyl (C=O) groups excluding carboxylic acids is 1. The largest absolute Gasteiger partial charge is 0.348 e. The van der Waals surface area contributed by atoms with Gasteiger partial charge in [0.25, 0.3) is 0 Å². The van der Waals surface area contributed by atoms with E-state index in [-0.39, 0.29) is 24.2 Å². The highest BCUT2D eigenvalue weighted by Crippen LogP contribution is 2.32. The molecule has 1 aromatic heterocycles. The number of nitrogens with zero attached hydrogens (tertiary/aromatic N) is 2. The minimum absolute atomic E-state index is 0.0135. The number of amides is 1. The van der Waals surface area contributed by atoms with E-state index in [1.165, 1.54) is 10.1 Å². The molecule has 1 aliphatic carbocycles. The van der Waals surface area contributed by atoms with E-state index in [1.54, 1.807) is 11.6 Å². The molecule has 0 fully saturated rings. The van der Waals surface area contributed by atoms with Crippen molar-refractivity contribution in [2.75, 3.05) is 0 Å². The van der Waals surface area contributed by atoms with E-state index in [0.29, 0.717) is 5.02 Å². The molecule has 1 amide bonds. The molecule has 0 spiro atoms. The van der Waals surface area contributed by atoms with Crippen molar-refractivity contribution in [1.82, 2.24) is 14.5 Å². The number of halogens is 1. The van der Waals surface area contributed by atoms with Crippen LogP contribution in [0.1, 0.15) is 23.6 Å². The predicted octanol–water partition coefficient (Wildman–Crippen LogP) is 2.80. The van der Waals surface area contributed by atoms with Gasteiger partial charge in [-0.15, -0.1) is 0 Å². The number of para-hydroxylation sites is 2. The number of aromatic nitrogens is 2. The highest BCUT2D eigenvalue weighted by atomic mass is 35.5. The Bertz CT molecular complexity index is 1030. The van der Waals surface area contributed by atoms with Gasteiger partial charge < -0.3 is 5.32 Å². The summed E-state index contributed by atoms with van der Waals surface area (Å²) < 4.78 is 3.08. The Kier molecular flexibility index (Phi) is 3.88. The molecule has 0 unspecified atom stereocenters. The minimum atomic E-state index is -0.185. The van der Waals surface area contributed by atoms with Gasteiger partial charge in [0.05, 0.1) is 17.1 Å². The standard InChI is InChI=1S/C19H18ClN3O2/c1-22-16-4-2-3-5-17(16)23(19(22)25)11-18(24)21-15-9-6-12-10-13(20)7-8-14(12)15/h2-5,7-8,10,15H,6,9,11H2,1H3,(H,21,24)/t15-/m0/s1. The van der Waals surface area contributed by atoms with Crippen LogP contribution in [0.2, 0.25) is 5.02 Å². The molecular formula is C19H18ClN3O2. The van der Waals surface area contributed by atoms with Gasteiger partial charge in [0.15, 0.2) is 0 Å². The first-order valence-electron chi connectivity index (χ1n) is 8.26. The Balaban J connectivity index is 1.57. The fourth-order valence-corrected chi connectivity index (χ4v) is 3.83. The van der Waals surface area contributed by atoms with Crippen LogP contribution in [0.5, 0.6) is 0 Å². The molecule has 0 saturated carbocycles. The minimum Gasteiger partial charge on any atom is -0.348 e. The van der Waals surface area contributed by atoms with Crippen LogP contribution in [0.25, 0.3) is 11.0 Å². The van der Waals surface area contributed by atoms with Crippen molar-refractivity contribution >= 4 is 28.5 Å². The lowest BCUT2D eigenvalue weighted by molar-refractivity contribution is -0.122. The van der Waals surface area contributed by atoms with Crippen molar-refractivity contribution in [2.24, 2.45) is 7.05 Å². The zero-order chi connectivity index (χ0) is 17.6. The first kappa shape index (κ1) is 16.0. The molecule has 3 aromatic rings. The normalized spacial score (nSPS) is 16.2. The van der Waals surface area contributed by atoms with Crippen molar-refractivity contribution in [3.05, 3.63) is 69.1 Å². The monoisotopic (exact) mass is 355 g/mol. The highest BCUT2D eigenvalue weighted by molar-refractivity contribution is 6.30. The molecule has 6 heteroatoms. The molecule has 1 heterocycles. The molecular weight excluding hydrogens is 338 g/mol. The van der Waals surface area contributed by atoms with Crippen LogP contribution < -0.4 is 11.0 Å². The second-order valence-corrected chi connectivity index (χ2v) is 6.85. The van der Waals surface area contributed by atoms with Gasteiger partial charge >= 0.3 is 5.69 Å². The molecule has 2 aromatic carbocycles. The Hall–Kier alpha value is -2.53. The Labute approximate surface area is 149 Å². The molecule has 4 rings (SSSR count). The Morgan fingerprint density at radius 3 is 2.80 bits per heavy atom. The van der Waals surface area contributed by atoms with Crippen LogP contribution in [-0.2, 0) is 24.8 Å². The summed E-state index contributed by atoms with van der Waals surface area (Å²) in [6.07, 6.45) is 1.75. The van der Waals surface area contributed by atoms with Gasteiger partial charge in [-0.3, -0.25) is 13.9 Å². The van der Waals surface area contributed by atoms with Gasteiger partial charge in [0.1, 0.15) is 6.54 Å². The first-order valence-corrected chi connectivity index (χ1v) is 8.64. The van der Waals surface area contributed by atoms with E-state index in [9.17, 15) is 9.59 Å². The summed E-state index contributed by atoms with van der Waals surface area (Å²) in [6, 6.07) is 13.2. The van der Waals surface area contributed by atoms with Crippen molar-refractivity contribution in [3.8, 4) is 0 Å². The van der Waals surface area contributed by atoms with Crippen LogP contribution in [0.4, 0.5) is 0 Å². The lowest BCUT2D eigenvalue weighted by Crippen LogP contribution is -2.34. The molecule has 128 valence electrons. The average molecular weight is 356 g/mol. The van der Waals surface area contributed by atoms with Gasteiger partial charge in [0, 0.05) is 12.1 Å². The number of hydrogen-bond donors (Lipinski definition) is 1. The first-order chi connectivity index (χ1) is 12.0. The quantitative estimate of drug-likeness (QED) is 0.785. The molecule has 0 radical (unpaired) electrons. The summed E-state index contributed by atoms with van der Waals surface area (Å²) in [5, 5.41) is 3.77. The summed E-state index contributed by atoms with van der Waals surface area (Å²) in [5.41, 5.74) is 3.70. The Morgan fingerprint density at radius 1 is 1.24 bits per heavy atom. The van der Waals surface area contributed by atoms with Gasteiger partial charge in [-0.1, -0.05) is 29.8 Å². The maximum absolute atomic E-state index is 12.5. The number of imidazole rings is 1. The summed E-state index contributed by atoms with van der Waals surface area (Å²) in [6.45, 7) is 0.0135. The average Bonchev–Trinajstić information content (AvgIpc) is 3.09. The summed E-state index contributed by atoms with van der Waals surface area (Å²) in [4.78, 5) is 25.0. The van der Waals surface area contributed by atoms with Crippen LogP contribution in [0, 0.1) is 0 Å². The van der Waals surface area contributed by atoms with E-state index in [0.717, 1.165) is 29.4 Å². The second-order valence-electron chi connectivity index (χ2n) is 6.42. The maximum Gasteiger partial charge on any atom is 0.329 e. The van der Waals surface area contributed by atoms with E-state index in [4.69, 9.17) is 11.6 Å². The van der Waals surface area contributed by atoms with E-state index < -0.39 is 0 Å². The van der Waals surface area contributed by atoms with Crippen LogP contribution in [0.15, 0.2) is 47.3 Å². The summed E-state index contributed by atoms with van der Waals surface area (Å²) in [5.74, 6) is -0.161. The fraction of sp³-hybridized carbons (Fsp3) is 0.263. The second kappa shape index (κ2) is 6.08. The van der Waals surface area contributed by atoms with E-state index in [1.807, 2.05) is 42.5 Å². The molecule has 25 heavy (non-hydrogen) atoms. The number of benzene rings is 2. The van der Waals surface area contributed by atoms with Crippen LogP contribution in [0.3, 0.4) is 0 Å². The zero-order valence-electron chi connectivity index (χ0n) is 13.8. The van der Waals surface area contributed by atoms with Gasteiger partial charge in [-0.2, -0.15) is 0 Å². The number of rotatable bonds is 3. The number of fused-ring (bicyclic) bond motifs is 2. The fourth-order valence-electron chi connectivity index (χ4n) is 3.64. The third kappa shape index (κ3) is 2.74. The molecule has 1 aliphatic rings. The molecule has 1 N–H and O–H groups in total. The van der Waals surface area contributed by atoms with Crippen LogP contribution in [-0.4, -0.2) is 15.0 Å². The smallest absolute Gasteiger partial charge is 0.329 e. The number of nitrogens with one attached hydrogen (secondary N) is 1. The van der Waals surface area contributed by atoms with Crippen molar-refractivity contribution in [2.45, 2.75) is 25.4 Å². The van der Waals surface area contributed by atoms with Gasteiger partial charge in [0.2, 0.25) is 5.91 Å². The molecule has 1 atom stereocenters. The number of hydrogen-bond acceptors (Lipinski definition) is 2. The molecule has 5 nitrogen and oxygen atoms in total. The highest BCUT2D eigenvalue weighted by Gasteiger charge is 2.24. The predicted molar refractivity (Wildman–Crippen MR) is 97.8 cm³/mol. The third-order valence-electron chi connectivity index (χ3n) is 4.87. The maximum atomic E-state index is 12.5. The van der Waals surface area contributed by atoms with E-state index in [2.05, 4.69) is 5.32 Å². The molecule has 0 bridgehead atoms. The summed E-state index contributed by atoms with van der Waals surface area (Å²) in [7, 11) is 1.72. The summed E-state index contributed by atoms with van der Waals surface area (Å²) >= 11 is 6.03. The van der Waals surface area contributed by atoms with E-state index >= 15 is 0 Å². The van der Waals surface area contributed by atoms with Crippen molar-refractivity contribution in [1.29, 1.82) is 0 Å². The third-order valence-corrected chi connectivity index (χ3v) is 5.11. The zero-order valence-corrected chi connectivity index (χ0v) is 14.6. The SMILES string of the molecule is Cn1c(=O)n(CC(=O)N[C@H]2CCc3cc(Cl)ccc32)c2ccccc21. The number of aryl methyl sites for hydroxylation is 2. The van der Waals surface area contributed by atoms with Gasteiger partial charge in [-0.05, 0) is 48.2 Å². The molecule has 0 saturated heterocycles. The van der Waals surface area contributed by atoms with Crippen molar-refractivity contribution in [3.63, 3.8) is 0 Å². The topological polar surface area (TPSA) is 56.0 Å². The van der Waals surface area contributed by atoms with Crippen LogP contribution >= 0.6 is 11.6 Å². The lowest BCUT2D eigenvalue weighted by Gasteiger charge is -2.14. The molecule has 0 aliphatic heterocycles. The lowest BCUT2D eigenvalue weighted by atomic mass is 10.1. The van der Waals surface area contributed by atoms with Gasteiger partial charge in [-0.25, -0.2) is 4.79 Å². The Morgan fingerprint density at radius 2 is 2.00 bits per heavy atom. The number of carbonyl (C=O) groups is 1.